The van der Waals surface area contributed by atoms with Crippen LogP contribution in [0, 0.1) is 0 Å². The normalized spacial score (nSPS) is 11.8. The maximum absolute atomic E-state index is 13.0. The fraction of sp³-hybridized carbons (Fsp3) is 0.143. The summed E-state index contributed by atoms with van der Waals surface area (Å²) in [5.74, 6) is -0.336. The number of carbonyl (C=O) groups excluding carboxylic acids is 2. The molecule has 0 aliphatic rings. The number of fused-ring (bicyclic) bond motifs is 1. The lowest BCUT2D eigenvalue weighted by molar-refractivity contribution is -0.122. The van der Waals surface area contributed by atoms with E-state index in [1.54, 1.807) is 18.9 Å². The lowest BCUT2D eigenvalue weighted by Gasteiger charge is -2.24. The van der Waals surface area contributed by atoms with Crippen molar-refractivity contribution in [2.24, 2.45) is 0 Å². The number of nitrogens with one attached hydrogen (secondary N) is 2. The molecule has 166 valence electrons. The average molecular weight is 438 g/mol. The van der Waals surface area contributed by atoms with Crippen LogP contribution >= 0.6 is 0 Å². The molecular weight excluding hydrogens is 410 g/mol. The highest BCUT2D eigenvalue weighted by atomic mass is 16.2. The molecule has 0 unspecified atom stereocenters. The highest BCUT2D eigenvalue weighted by Gasteiger charge is 2.21. The molecule has 0 radical (unpaired) electrons. The summed E-state index contributed by atoms with van der Waals surface area (Å²) in [6, 6.07) is 30.9. The lowest BCUT2D eigenvalue weighted by Crippen LogP contribution is -2.43. The molecule has 0 fully saturated rings. The van der Waals surface area contributed by atoms with Gasteiger partial charge in [-0.3, -0.25) is 14.5 Å². The van der Waals surface area contributed by atoms with Crippen LogP contribution in [0.5, 0.6) is 0 Å². The number of likely N-dealkylation sites (N-methyl/N-ethyl adjacent to an activating group) is 1. The van der Waals surface area contributed by atoms with Crippen molar-refractivity contribution in [3.05, 3.63) is 97.1 Å². The van der Waals surface area contributed by atoms with Gasteiger partial charge in [0, 0.05) is 22.3 Å². The molecule has 4 aromatic carbocycles. The summed E-state index contributed by atoms with van der Waals surface area (Å²) in [7, 11) is 1.77. The molecule has 5 nitrogen and oxygen atoms in total. The fourth-order valence-electron chi connectivity index (χ4n) is 3.79. The van der Waals surface area contributed by atoms with Gasteiger partial charge < -0.3 is 10.6 Å². The number of amides is 2. The highest BCUT2D eigenvalue weighted by Crippen LogP contribution is 2.28. The summed E-state index contributed by atoms with van der Waals surface area (Å²) in [4.78, 5) is 27.4. The monoisotopic (exact) mass is 437 g/mol. The number of carbonyl (C=O) groups is 2. The lowest BCUT2D eigenvalue weighted by atomic mass is 10.0. The van der Waals surface area contributed by atoms with Crippen LogP contribution in [0.15, 0.2) is 97.1 Å². The van der Waals surface area contributed by atoms with Gasteiger partial charge in [0.1, 0.15) is 0 Å². The summed E-state index contributed by atoms with van der Waals surface area (Å²) < 4.78 is 0. The minimum absolute atomic E-state index is 0.0954. The number of para-hydroxylation sites is 1. The zero-order chi connectivity index (χ0) is 23.2. The fourth-order valence-corrected chi connectivity index (χ4v) is 3.79. The molecule has 0 saturated carbocycles. The first kappa shape index (κ1) is 22.2. The Balaban J connectivity index is 1.41. The van der Waals surface area contributed by atoms with Crippen molar-refractivity contribution >= 4 is 34.0 Å². The molecule has 0 spiro atoms. The first-order valence-corrected chi connectivity index (χ1v) is 11.0. The molecule has 0 heterocycles. The van der Waals surface area contributed by atoms with E-state index in [2.05, 4.69) is 10.6 Å². The molecule has 4 rings (SSSR count). The van der Waals surface area contributed by atoms with Crippen molar-refractivity contribution in [3.8, 4) is 11.1 Å². The number of anilines is 2. The van der Waals surface area contributed by atoms with Crippen LogP contribution < -0.4 is 10.6 Å². The van der Waals surface area contributed by atoms with E-state index in [9.17, 15) is 9.59 Å². The van der Waals surface area contributed by atoms with Gasteiger partial charge in [-0.1, -0.05) is 84.9 Å². The van der Waals surface area contributed by atoms with Crippen molar-refractivity contribution in [2.45, 2.75) is 13.0 Å². The SMILES string of the molecule is C[C@@H](C(=O)Nc1ccccc1-c1ccccc1)N(C)CC(=O)Nc1cccc2ccccc12. The quantitative estimate of drug-likeness (QED) is 0.407. The third-order valence-corrected chi connectivity index (χ3v) is 5.77. The molecule has 2 amide bonds. The number of benzene rings is 4. The van der Waals surface area contributed by atoms with E-state index in [1.807, 2.05) is 97.1 Å². The van der Waals surface area contributed by atoms with Crippen molar-refractivity contribution in [1.29, 1.82) is 0 Å². The third kappa shape index (κ3) is 5.27. The zero-order valence-corrected chi connectivity index (χ0v) is 18.8. The Labute approximate surface area is 194 Å². The molecule has 4 aromatic rings. The maximum Gasteiger partial charge on any atom is 0.241 e. The van der Waals surface area contributed by atoms with Crippen molar-refractivity contribution in [2.75, 3.05) is 24.2 Å². The molecule has 0 saturated heterocycles. The molecule has 0 aliphatic carbocycles. The van der Waals surface area contributed by atoms with Crippen molar-refractivity contribution < 1.29 is 9.59 Å². The highest BCUT2D eigenvalue weighted by molar-refractivity contribution is 6.03. The molecule has 0 aromatic heterocycles. The van der Waals surface area contributed by atoms with Gasteiger partial charge in [0.2, 0.25) is 11.8 Å². The van der Waals surface area contributed by atoms with E-state index in [1.165, 1.54) is 0 Å². The van der Waals surface area contributed by atoms with E-state index in [4.69, 9.17) is 0 Å². The number of hydrogen-bond acceptors (Lipinski definition) is 3. The second-order valence-corrected chi connectivity index (χ2v) is 8.07. The van der Waals surface area contributed by atoms with Gasteiger partial charge >= 0.3 is 0 Å². The summed E-state index contributed by atoms with van der Waals surface area (Å²) in [5, 5.41) is 8.05. The van der Waals surface area contributed by atoms with E-state index in [0.717, 1.165) is 33.3 Å². The molecular formula is C28H27N3O2. The zero-order valence-electron chi connectivity index (χ0n) is 18.8. The molecule has 0 bridgehead atoms. The van der Waals surface area contributed by atoms with Gasteiger partial charge in [-0.15, -0.1) is 0 Å². The van der Waals surface area contributed by atoms with Crippen LogP contribution in [0.4, 0.5) is 11.4 Å². The predicted molar refractivity (Wildman–Crippen MR) is 135 cm³/mol. The average Bonchev–Trinajstić information content (AvgIpc) is 2.84. The van der Waals surface area contributed by atoms with Crippen LogP contribution in [0.1, 0.15) is 6.92 Å². The van der Waals surface area contributed by atoms with Crippen molar-refractivity contribution in [1.82, 2.24) is 4.90 Å². The van der Waals surface area contributed by atoms with Gasteiger partial charge in [-0.05, 0) is 37.1 Å². The Morgan fingerprint density at radius 2 is 1.39 bits per heavy atom. The second kappa shape index (κ2) is 10.1. The van der Waals surface area contributed by atoms with Crippen LogP contribution in [-0.2, 0) is 9.59 Å². The summed E-state index contributed by atoms with van der Waals surface area (Å²) in [5.41, 5.74) is 3.49. The van der Waals surface area contributed by atoms with E-state index in [-0.39, 0.29) is 18.4 Å². The first-order valence-electron chi connectivity index (χ1n) is 11.0. The van der Waals surface area contributed by atoms with Crippen molar-refractivity contribution in [3.63, 3.8) is 0 Å². The van der Waals surface area contributed by atoms with Gasteiger partial charge in [0.15, 0.2) is 0 Å². The summed E-state index contributed by atoms with van der Waals surface area (Å²) >= 11 is 0. The van der Waals surface area contributed by atoms with Crippen LogP contribution in [-0.4, -0.2) is 36.3 Å². The molecule has 1 atom stereocenters. The van der Waals surface area contributed by atoms with E-state index in [0.29, 0.717) is 0 Å². The van der Waals surface area contributed by atoms with Crippen LogP contribution in [0.25, 0.3) is 21.9 Å². The Morgan fingerprint density at radius 3 is 2.21 bits per heavy atom. The Kier molecular flexibility index (Phi) is 6.81. The second-order valence-electron chi connectivity index (χ2n) is 8.07. The Morgan fingerprint density at radius 1 is 0.758 bits per heavy atom. The smallest absolute Gasteiger partial charge is 0.241 e. The van der Waals surface area contributed by atoms with Gasteiger partial charge in [-0.25, -0.2) is 0 Å². The van der Waals surface area contributed by atoms with Crippen LogP contribution in [0.3, 0.4) is 0 Å². The molecule has 33 heavy (non-hydrogen) atoms. The Bertz CT molecular complexity index is 1270. The topological polar surface area (TPSA) is 61.4 Å². The Hall–Kier alpha value is -3.96. The minimum Gasteiger partial charge on any atom is -0.324 e. The molecule has 0 aliphatic heterocycles. The van der Waals surface area contributed by atoms with Gasteiger partial charge in [0.25, 0.3) is 0 Å². The number of nitrogens with zero attached hydrogens (tertiary/aromatic N) is 1. The van der Waals surface area contributed by atoms with E-state index >= 15 is 0 Å². The maximum atomic E-state index is 13.0. The number of rotatable bonds is 7. The first-order chi connectivity index (χ1) is 16.0. The molecule has 5 heteroatoms. The number of hydrogen-bond donors (Lipinski definition) is 2. The van der Waals surface area contributed by atoms with Crippen LogP contribution in [0.2, 0.25) is 0 Å². The predicted octanol–water partition coefficient (Wildman–Crippen LogP) is 5.40. The summed E-state index contributed by atoms with van der Waals surface area (Å²) in [6.45, 7) is 1.89. The van der Waals surface area contributed by atoms with Gasteiger partial charge in [0.05, 0.1) is 12.6 Å². The third-order valence-electron chi connectivity index (χ3n) is 5.77. The largest absolute Gasteiger partial charge is 0.324 e. The molecule has 2 N–H and O–H groups in total. The minimum atomic E-state index is -0.493. The standard InChI is InChI=1S/C28H27N3O2/c1-20(28(33)30-26-17-9-8-16-24(26)21-11-4-3-5-12-21)31(2)19-27(32)29-25-18-10-14-22-13-6-7-15-23(22)25/h3-18,20H,19H2,1-2H3,(H,29,32)(H,30,33)/t20-/m0/s1. The van der Waals surface area contributed by atoms with E-state index < -0.39 is 6.04 Å². The van der Waals surface area contributed by atoms with Gasteiger partial charge in [-0.2, -0.15) is 0 Å². The summed E-state index contributed by atoms with van der Waals surface area (Å²) in [6.07, 6.45) is 0.